The van der Waals surface area contributed by atoms with E-state index in [2.05, 4.69) is 5.32 Å². The quantitative estimate of drug-likeness (QED) is 0.768. The summed E-state index contributed by atoms with van der Waals surface area (Å²) in [6.45, 7) is 1.85. The first-order valence-corrected chi connectivity index (χ1v) is 4.74. The van der Waals surface area contributed by atoms with Gasteiger partial charge in [-0.25, -0.2) is 4.39 Å². The van der Waals surface area contributed by atoms with Crippen molar-refractivity contribution in [1.82, 2.24) is 0 Å². The van der Waals surface area contributed by atoms with Gasteiger partial charge in [0.05, 0.1) is 0 Å². The molecule has 0 bridgehead atoms. The van der Waals surface area contributed by atoms with E-state index in [0.29, 0.717) is 5.69 Å². The van der Waals surface area contributed by atoms with E-state index in [-0.39, 0.29) is 17.6 Å². The van der Waals surface area contributed by atoms with Gasteiger partial charge in [0.15, 0.2) is 0 Å². The molecule has 0 saturated heterocycles. The fourth-order valence-corrected chi connectivity index (χ4v) is 1.31. The highest BCUT2D eigenvalue weighted by molar-refractivity contribution is 5.94. The SMILES string of the molecule is Cc1ccc(F)cc1NC(=O)C1CC1. The molecule has 3 heteroatoms. The van der Waals surface area contributed by atoms with Crippen molar-refractivity contribution < 1.29 is 9.18 Å². The molecule has 0 atom stereocenters. The number of hydrogen-bond donors (Lipinski definition) is 1. The number of rotatable bonds is 2. The Bertz CT molecular complexity index is 372. The molecular weight excluding hydrogens is 181 g/mol. The van der Waals surface area contributed by atoms with Crippen molar-refractivity contribution in [3.63, 3.8) is 0 Å². The van der Waals surface area contributed by atoms with Gasteiger partial charge in [-0.15, -0.1) is 0 Å². The second kappa shape index (κ2) is 3.40. The van der Waals surface area contributed by atoms with Crippen molar-refractivity contribution in [3.05, 3.63) is 29.6 Å². The molecule has 1 saturated carbocycles. The topological polar surface area (TPSA) is 29.1 Å². The van der Waals surface area contributed by atoms with Gasteiger partial charge in [-0.2, -0.15) is 0 Å². The highest BCUT2D eigenvalue weighted by Gasteiger charge is 2.29. The monoisotopic (exact) mass is 193 g/mol. The van der Waals surface area contributed by atoms with Crippen molar-refractivity contribution in [3.8, 4) is 0 Å². The van der Waals surface area contributed by atoms with E-state index in [1.807, 2.05) is 6.92 Å². The Morgan fingerprint density at radius 2 is 2.21 bits per heavy atom. The first-order valence-electron chi connectivity index (χ1n) is 4.74. The molecule has 1 N–H and O–H groups in total. The summed E-state index contributed by atoms with van der Waals surface area (Å²) < 4.78 is 12.9. The van der Waals surface area contributed by atoms with Crippen molar-refractivity contribution in [2.75, 3.05) is 5.32 Å². The van der Waals surface area contributed by atoms with Crippen molar-refractivity contribution in [2.45, 2.75) is 19.8 Å². The number of benzene rings is 1. The fourth-order valence-electron chi connectivity index (χ4n) is 1.31. The maximum absolute atomic E-state index is 12.9. The highest BCUT2D eigenvalue weighted by Crippen LogP contribution is 2.30. The van der Waals surface area contributed by atoms with Gasteiger partial charge in [-0.1, -0.05) is 6.07 Å². The summed E-state index contributed by atoms with van der Waals surface area (Å²) in [4.78, 5) is 11.4. The third-order valence-electron chi connectivity index (χ3n) is 2.41. The maximum Gasteiger partial charge on any atom is 0.227 e. The Kier molecular flexibility index (Phi) is 2.23. The number of nitrogens with one attached hydrogen (secondary N) is 1. The van der Waals surface area contributed by atoms with E-state index in [0.717, 1.165) is 18.4 Å². The van der Waals surface area contributed by atoms with E-state index in [9.17, 15) is 9.18 Å². The van der Waals surface area contributed by atoms with Crippen LogP contribution in [0.15, 0.2) is 18.2 Å². The second-order valence-electron chi connectivity index (χ2n) is 3.72. The molecular formula is C11H12FNO. The van der Waals surface area contributed by atoms with Crippen LogP contribution >= 0.6 is 0 Å². The molecule has 0 aromatic heterocycles. The minimum atomic E-state index is -0.318. The van der Waals surface area contributed by atoms with E-state index in [4.69, 9.17) is 0 Å². The van der Waals surface area contributed by atoms with Crippen molar-refractivity contribution >= 4 is 11.6 Å². The zero-order valence-corrected chi connectivity index (χ0v) is 8.01. The lowest BCUT2D eigenvalue weighted by atomic mass is 10.2. The Morgan fingerprint density at radius 1 is 1.50 bits per heavy atom. The Morgan fingerprint density at radius 3 is 2.86 bits per heavy atom. The summed E-state index contributed by atoms with van der Waals surface area (Å²) in [5, 5.41) is 2.73. The van der Waals surface area contributed by atoms with Crippen LogP contribution in [0.4, 0.5) is 10.1 Å². The molecule has 1 amide bonds. The lowest BCUT2D eigenvalue weighted by Crippen LogP contribution is -2.14. The van der Waals surface area contributed by atoms with Crippen LogP contribution in [0.3, 0.4) is 0 Å². The first kappa shape index (κ1) is 9.19. The summed E-state index contributed by atoms with van der Waals surface area (Å²) in [5.74, 6) is -0.155. The first-order chi connectivity index (χ1) is 6.66. The van der Waals surface area contributed by atoms with Gasteiger partial charge < -0.3 is 5.32 Å². The predicted molar refractivity (Wildman–Crippen MR) is 52.5 cm³/mol. The Balaban J connectivity index is 2.14. The smallest absolute Gasteiger partial charge is 0.227 e. The zero-order chi connectivity index (χ0) is 10.1. The standard InChI is InChI=1S/C11H12FNO/c1-7-2-5-9(12)6-10(7)13-11(14)8-3-4-8/h2,5-6,8H,3-4H2,1H3,(H,13,14). The van der Waals surface area contributed by atoms with Crippen LogP contribution in [0.1, 0.15) is 18.4 Å². The van der Waals surface area contributed by atoms with Gasteiger partial charge in [-0.3, -0.25) is 4.79 Å². The summed E-state index contributed by atoms with van der Waals surface area (Å²) in [7, 11) is 0. The molecule has 1 aliphatic carbocycles. The lowest BCUT2D eigenvalue weighted by molar-refractivity contribution is -0.117. The molecule has 0 radical (unpaired) electrons. The molecule has 0 heterocycles. The largest absolute Gasteiger partial charge is 0.326 e. The average Bonchev–Trinajstić information content (AvgIpc) is 2.94. The molecule has 0 aliphatic heterocycles. The molecule has 1 aromatic rings. The maximum atomic E-state index is 12.9. The number of anilines is 1. The van der Waals surface area contributed by atoms with E-state index in [1.165, 1.54) is 12.1 Å². The molecule has 0 unspecified atom stereocenters. The number of aryl methyl sites for hydroxylation is 1. The Hall–Kier alpha value is -1.38. The molecule has 14 heavy (non-hydrogen) atoms. The van der Waals surface area contributed by atoms with Crippen LogP contribution in [0.5, 0.6) is 0 Å². The van der Waals surface area contributed by atoms with Gasteiger partial charge in [0.25, 0.3) is 0 Å². The highest BCUT2D eigenvalue weighted by atomic mass is 19.1. The number of carbonyl (C=O) groups is 1. The molecule has 1 aromatic carbocycles. The molecule has 74 valence electrons. The molecule has 2 rings (SSSR count). The van der Waals surface area contributed by atoms with Crippen molar-refractivity contribution in [2.24, 2.45) is 5.92 Å². The summed E-state index contributed by atoms with van der Waals surface area (Å²) >= 11 is 0. The lowest BCUT2D eigenvalue weighted by Gasteiger charge is -2.07. The number of amides is 1. The predicted octanol–water partition coefficient (Wildman–Crippen LogP) is 2.48. The summed E-state index contributed by atoms with van der Waals surface area (Å²) in [5.41, 5.74) is 1.47. The number of carbonyl (C=O) groups excluding carboxylic acids is 1. The Labute approximate surface area is 82.1 Å². The van der Waals surface area contributed by atoms with Crippen LogP contribution in [-0.4, -0.2) is 5.91 Å². The molecule has 1 aliphatic rings. The van der Waals surface area contributed by atoms with Crippen LogP contribution < -0.4 is 5.32 Å². The fraction of sp³-hybridized carbons (Fsp3) is 0.364. The minimum Gasteiger partial charge on any atom is -0.326 e. The third-order valence-corrected chi connectivity index (χ3v) is 2.41. The van der Waals surface area contributed by atoms with Gasteiger partial charge in [-0.05, 0) is 37.5 Å². The van der Waals surface area contributed by atoms with E-state index in [1.54, 1.807) is 6.07 Å². The van der Waals surface area contributed by atoms with E-state index < -0.39 is 0 Å². The van der Waals surface area contributed by atoms with E-state index >= 15 is 0 Å². The van der Waals surface area contributed by atoms with Gasteiger partial charge in [0.1, 0.15) is 5.82 Å². The molecule has 1 fully saturated rings. The van der Waals surface area contributed by atoms with Gasteiger partial charge >= 0.3 is 0 Å². The van der Waals surface area contributed by atoms with Crippen LogP contribution in [-0.2, 0) is 4.79 Å². The third kappa shape index (κ3) is 1.92. The van der Waals surface area contributed by atoms with Crippen LogP contribution in [0, 0.1) is 18.7 Å². The summed E-state index contributed by atoms with van der Waals surface area (Å²) in [6.07, 6.45) is 1.92. The average molecular weight is 193 g/mol. The number of hydrogen-bond acceptors (Lipinski definition) is 1. The van der Waals surface area contributed by atoms with Crippen molar-refractivity contribution in [1.29, 1.82) is 0 Å². The molecule has 2 nitrogen and oxygen atoms in total. The number of halogens is 1. The minimum absolute atomic E-state index is 0.0127. The van der Waals surface area contributed by atoms with Gasteiger partial charge in [0, 0.05) is 11.6 Å². The van der Waals surface area contributed by atoms with Gasteiger partial charge in [0.2, 0.25) is 5.91 Å². The van der Waals surface area contributed by atoms with Crippen LogP contribution in [0.25, 0.3) is 0 Å². The second-order valence-corrected chi connectivity index (χ2v) is 3.72. The summed E-state index contributed by atoms with van der Waals surface area (Å²) in [6, 6.07) is 4.41. The molecule has 0 spiro atoms. The van der Waals surface area contributed by atoms with Crippen LogP contribution in [0.2, 0.25) is 0 Å². The normalized spacial score (nSPS) is 15.3. The zero-order valence-electron chi connectivity index (χ0n) is 8.01.